The van der Waals surface area contributed by atoms with Gasteiger partial charge in [-0.15, -0.1) is 0 Å². The molecular weight excluding hydrogens is 252 g/mol. The number of anilines is 2. The first kappa shape index (κ1) is 13.2. The highest BCUT2D eigenvalue weighted by molar-refractivity contribution is 5.72. The summed E-state index contributed by atoms with van der Waals surface area (Å²) < 4.78 is 11.1. The quantitative estimate of drug-likeness (QED) is 0.653. The lowest BCUT2D eigenvalue weighted by molar-refractivity contribution is 0.172. The number of nitrogen functional groups attached to an aromatic ring is 1. The fourth-order valence-corrected chi connectivity index (χ4v) is 2.75. The van der Waals surface area contributed by atoms with E-state index in [1.165, 1.54) is 25.7 Å². The lowest BCUT2D eigenvalue weighted by Gasteiger charge is -2.21. The van der Waals surface area contributed by atoms with Crippen LogP contribution in [-0.4, -0.2) is 19.8 Å². The van der Waals surface area contributed by atoms with Gasteiger partial charge in [0.15, 0.2) is 11.5 Å². The Bertz CT molecular complexity index is 511. The summed E-state index contributed by atoms with van der Waals surface area (Å²) in [5, 5.41) is 3.41. The summed E-state index contributed by atoms with van der Waals surface area (Å²) >= 11 is 0. The van der Waals surface area contributed by atoms with Gasteiger partial charge in [-0.3, -0.25) is 0 Å². The maximum Gasteiger partial charge on any atom is 0.163 e. The Morgan fingerprint density at radius 2 is 1.90 bits per heavy atom. The minimum atomic E-state index is 0.591. The summed E-state index contributed by atoms with van der Waals surface area (Å²) in [4.78, 5) is 0. The third-order valence-electron chi connectivity index (χ3n) is 3.86. The van der Waals surface area contributed by atoms with Crippen LogP contribution in [0.5, 0.6) is 11.5 Å². The maximum absolute atomic E-state index is 6.05. The molecule has 108 valence electrons. The lowest BCUT2D eigenvalue weighted by Crippen LogP contribution is -2.16. The molecule has 3 N–H and O–H groups in total. The molecule has 0 saturated carbocycles. The van der Waals surface area contributed by atoms with Gasteiger partial charge in [-0.05, 0) is 32.1 Å². The first-order valence-electron chi connectivity index (χ1n) is 7.44. The van der Waals surface area contributed by atoms with Crippen molar-refractivity contribution in [2.24, 2.45) is 0 Å². The Morgan fingerprint density at radius 1 is 1.10 bits per heavy atom. The van der Waals surface area contributed by atoms with Gasteiger partial charge in [0.2, 0.25) is 0 Å². The number of rotatable bonds is 4. The van der Waals surface area contributed by atoms with Crippen molar-refractivity contribution < 1.29 is 9.47 Å². The monoisotopic (exact) mass is 274 g/mol. The first-order chi connectivity index (χ1) is 9.83. The van der Waals surface area contributed by atoms with Crippen molar-refractivity contribution in [2.75, 3.05) is 30.8 Å². The molecule has 0 bridgehead atoms. The number of hydrogen-bond donors (Lipinski definition) is 2. The predicted molar refractivity (Wildman–Crippen MR) is 81.5 cm³/mol. The molecule has 1 heterocycles. The van der Waals surface area contributed by atoms with Crippen LogP contribution in [-0.2, 0) is 0 Å². The third-order valence-corrected chi connectivity index (χ3v) is 3.86. The van der Waals surface area contributed by atoms with E-state index >= 15 is 0 Å². The predicted octanol–water partition coefficient (Wildman–Crippen LogP) is 3.34. The minimum Gasteiger partial charge on any atom is -0.486 e. The van der Waals surface area contributed by atoms with Crippen molar-refractivity contribution >= 4 is 11.4 Å². The Hall–Kier alpha value is -1.84. The molecule has 0 saturated heterocycles. The highest BCUT2D eigenvalue weighted by atomic mass is 16.6. The summed E-state index contributed by atoms with van der Waals surface area (Å²) in [7, 11) is 0. The average Bonchev–Trinajstić information content (AvgIpc) is 2.49. The van der Waals surface area contributed by atoms with Crippen LogP contribution in [0.15, 0.2) is 23.8 Å². The zero-order valence-electron chi connectivity index (χ0n) is 11.8. The van der Waals surface area contributed by atoms with Gasteiger partial charge in [-0.25, -0.2) is 0 Å². The summed E-state index contributed by atoms with van der Waals surface area (Å²) in [6.07, 6.45) is 8.63. The van der Waals surface area contributed by atoms with Gasteiger partial charge in [-0.2, -0.15) is 0 Å². The van der Waals surface area contributed by atoms with Gasteiger partial charge in [0, 0.05) is 18.7 Å². The van der Waals surface area contributed by atoms with Gasteiger partial charge in [0.25, 0.3) is 0 Å². The van der Waals surface area contributed by atoms with Crippen LogP contribution >= 0.6 is 0 Å². The van der Waals surface area contributed by atoms with E-state index < -0.39 is 0 Å². The van der Waals surface area contributed by atoms with Crippen LogP contribution in [0, 0.1) is 0 Å². The number of benzene rings is 1. The first-order valence-corrected chi connectivity index (χ1v) is 7.44. The van der Waals surface area contributed by atoms with E-state index in [-0.39, 0.29) is 0 Å². The molecule has 1 aromatic carbocycles. The zero-order valence-corrected chi connectivity index (χ0v) is 11.8. The van der Waals surface area contributed by atoms with E-state index in [0.29, 0.717) is 18.9 Å². The molecule has 3 rings (SSSR count). The number of hydrogen-bond acceptors (Lipinski definition) is 4. The summed E-state index contributed by atoms with van der Waals surface area (Å²) in [6.45, 7) is 2.10. The summed E-state index contributed by atoms with van der Waals surface area (Å²) in [5.41, 5.74) is 9.27. The second-order valence-electron chi connectivity index (χ2n) is 5.37. The molecule has 4 heteroatoms. The van der Waals surface area contributed by atoms with E-state index in [1.54, 1.807) is 5.57 Å². The number of allylic oxidation sites excluding steroid dienone is 1. The smallest absolute Gasteiger partial charge is 0.163 e. The molecule has 0 atom stereocenters. The molecule has 0 unspecified atom stereocenters. The second-order valence-corrected chi connectivity index (χ2v) is 5.37. The van der Waals surface area contributed by atoms with Crippen LogP contribution in [0.25, 0.3) is 0 Å². The Kier molecular flexibility index (Phi) is 4.00. The van der Waals surface area contributed by atoms with Crippen molar-refractivity contribution in [3.8, 4) is 11.5 Å². The van der Waals surface area contributed by atoms with Crippen molar-refractivity contribution in [1.82, 2.24) is 0 Å². The molecule has 20 heavy (non-hydrogen) atoms. The highest BCUT2D eigenvalue weighted by Crippen LogP contribution is 2.37. The molecule has 4 nitrogen and oxygen atoms in total. The van der Waals surface area contributed by atoms with Crippen LogP contribution < -0.4 is 20.5 Å². The van der Waals surface area contributed by atoms with Crippen LogP contribution in [0.2, 0.25) is 0 Å². The minimum absolute atomic E-state index is 0.591. The van der Waals surface area contributed by atoms with Crippen molar-refractivity contribution in [2.45, 2.75) is 32.1 Å². The van der Waals surface area contributed by atoms with Gasteiger partial charge in [0.05, 0.1) is 11.4 Å². The zero-order chi connectivity index (χ0) is 13.8. The van der Waals surface area contributed by atoms with Crippen LogP contribution in [0.1, 0.15) is 32.1 Å². The Morgan fingerprint density at radius 3 is 2.65 bits per heavy atom. The molecule has 0 radical (unpaired) electrons. The molecule has 0 fully saturated rings. The summed E-state index contributed by atoms with van der Waals surface area (Å²) in [6, 6.07) is 3.79. The number of fused-ring (bicyclic) bond motifs is 1. The third kappa shape index (κ3) is 3.00. The maximum atomic E-state index is 6.05. The molecule has 1 aliphatic heterocycles. The fraction of sp³-hybridized carbons (Fsp3) is 0.500. The molecule has 0 amide bonds. The molecule has 2 aliphatic rings. The van der Waals surface area contributed by atoms with Gasteiger partial charge >= 0.3 is 0 Å². The van der Waals surface area contributed by atoms with Crippen molar-refractivity contribution in [3.05, 3.63) is 23.8 Å². The molecule has 0 spiro atoms. The Balaban J connectivity index is 1.60. The standard InChI is InChI=1S/C16H22N2O2/c17-13-10-15-16(20-9-8-19-15)11-14(13)18-7-6-12-4-2-1-3-5-12/h4,10-11,18H,1-3,5-9,17H2. The van der Waals surface area contributed by atoms with Gasteiger partial charge in [0.1, 0.15) is 13.2 Å². The molecular formula is C16H22N2O2. The van der Waals surface area contributed by atoms with Crippen molar-refractivity contribution in [3.63, 3.8) is 0 Å². The lowest BCUT2D eigenvalue weighted by atomic mass is 9.97. The van der Waals surface area contributed by atoms with Crippen molar-refractivity contribution in [1.29, 1.82) is 0 Å². The van der Waals surface area contributed by atoms with E-state index in [1.807, 2.05) is 12.1 Å². The van der Waals surface area contributed by atoms with E-state index in [0.717, 1.165) is 30.2 Å². The van der Waals surface area contributed by atoms with E-state index in [9.17, 15) is 0 Å². The topological polar surface area (TPSA) is 56.5 Å². The second kappa shape index (κ2) is 6.07. The largest absolute Gasteiger partial charge is 0.486 e. The Labute approximate surface area is 119 Å². The normalized spacial score (nSPS) is 17.5. The SMILES string of the molecule is Nc1cc2c(cc1NCCC1=CCCCC1)OCCO2. The fourth-order valence-electron chi connectivity index (χ4n) is 2.75. The van der Waals surface area contributed by atoms with Gasteiger partial charge in [-0.1, -0.05) is 11.6 Å². The van der Waals surface area contributed by atoms with Crippen LogP contribution in [0.4, 0.5) is 11.4 Å². The molecule has 1 aromatic rings. The van der Waals surface area contributed by atoms with Crippen LogP contribution in [0.3, 0.4) is 0 Å². The summed E-state index contributed by atoms with van der Waals surface area (Å²) in [5.74, 6) is 1.53. The highest BCUT2D eigenvalue weighted by Gasteiger charge is 2.14. The van der Waals surface area contributed by atoms with Gasteiger partial charge < -0.3 is 20.5 Å². The number of nitrogens with two attached hydrogens (primary N) is 1. The molecule has 0 aromatic heterocycles. The number of ether oxygens (including phenoxy) is 2. The van der Waals surface area contributed by atoms with E-state index in [4.69, 9.17) is 15.2 Å². The van der Waals surface area contributed by atoms with E-state index in [2.05, 4.69) is 11.4 Å². The molecule has 1 aliphatic carbocycles. The average molecular weight is 274 g/mol. The number of nitrogens with one attached hydrogen (secondary N) is 1.